The van der Waals surface area contributed by atoms with Gasteiger partial charge in [-0.3, -0.25) is 15.2 Å². The summed E-state index contributed by atoms with van der Waals surface area (Å²) in [5, 5.41) is 16.9. The molecule has 1 saturated carbocycles. The lowest BCUT2D eigenvalue weighted by molar-refractivity contribution is -0.142. The van der Waals surface area contributed by atoms with Gasteiger partial charge in [-0.15, -0.1) is 0 Å². The highest BCUT2D eigenvalue weighted by Crippen LogP contribution is 2.41. The third-order valence-electron chi connectivity index (χ3n) is 6.09. The number of aliphatic imine (C=N–C) groups is 1. The number of aliphatic carboxylic acids is 1. The first-order valence-electron chi connectivity index (χ1n) is 9.85. The molecule has 1 aromatic carbocycles. The number of hydrogen-bond donors (Lipinski definition) is 3. The second-order valence-corrected chi connectivity index (χ2v) is 7.88. The van der Waals surface area contributed by atoms with Crippen LogP contribution in [0.5, 0.6) is 0 Å². The van der Waals surface area contributed by atoms with Crippen molar-refractivity contribution in [3.63, 3.8) is 0 Å². The van der Waals surface area contributed by atoms with Crippen LogP contribution in [0.25, 0.3) is 0 Å². The van der Waals surface area contributed by atoms with Gasteiger partial charge in [0.05, 0.1) is 5.92 Å². The van der Waals surface area contributed by atoms with Gasteiger partial charge in [-0.1, -0.05) is 24.3 Å². The molecule has 1 unspecified atom stereocenters. The second-order valence-electron chi connectivity index (χ2n) is 7.88. The fourth-order valence-electron chi connectivity index (χ4n) is 4.40. The van der Waals surface area contributed by atoms with Crippen LogP contribution in [0, 0.1) is 17.2 Å². The van der Waals surface area contributed by atoms with Gasteiger partial charge in [-0.25, -0.2) is 4.98 Å². The molecule has 1 aliphatic heterocycles. The van der Waals surface area contributed by atoms with Crippen molar-refractivity contribution in [2.24, 2.45) is 29.6 Å². The normalized spacial score (nSPS) is 26.3. The van der Waals surface area contributed by atoms with Crippen molar-refractivity contribution in [2.45, 2.75) is 31.2 Å². The number of carboxylic acid groups (broad SMARTS) is 1. The van der Waals surface area contributed by atoms with E-state index in [4.69, 9.17) is 16.1 Å². The van der Waals surface area contributed by atoms with Crippen molar-refractivity contribution in [1.29, 1.82) is 5.41 Å². The van der Waals surface area contributed by atoms with E-state index < -0.39 is 11.5 Å². The lowest BCUT2D eigenvalue weighted by Gasteiger charge is -2.28. The molecule has 7 nitrogen and oxygen atoms in total. The van der Waals surface area contributed by atoms with Crippen LogP contribution in [0.15, 0.2) is 53.8 Å². The van der Waals surface area contributed by atoms with Crippen LogP contribution in [0.2, 0.25) is 0 Å². The number of nitrogen functional groups attached to an aromatic ring is 1. The van der Waals surface area contributed by atoms with Gasteiger partial charge in [0, 0.05) is 36.6 Å². The number of hydrogen-bond acceptors (Lipinski definition) is 4. The molecule has 1 aromatic heterocycles. The fraction of sp³-hybridized carbons (Fsp3) is 0.364. The van der Waals surface area contributed by atoms with E-state index in [1.165, 1.54) is 0 Å². The van der Waals surface area contributed by atoms with Crippen LogP contribution in [0.1, 0.15) is 42.6 Å². The average Bonchev–Trinajstić information content (AvgIpc) is 3.35. The molecule has 0 bridgehead atoms. The molecule has 4 rings (SSSR count). The summed E-state index contributed by atoms with van der Waals surface area (Å²) < 4.78 is 1.97. The molecule has 4 N–H and O–H groups in total. The van der Waals surface area contributed by atoms with Gasteiger partial charge < -0.3 is 15.4 Å². The Kier molecular flexibility index (Phi) is 4.82. The Balaban J connectivity index is 1.70. The number of amidine groups is 1. The Hall–Kier alpha value is -3.22. The summed E-state index contributed by atoms with van der Waals surface area (Å²) in [4.78, 5) is 21.0. The molecule has 0 amide bonds. The Bertz CT molecular complexity index is 996. The Morgan fingerprint density at radius 3 is 2.48 bits per heavy atom. The maximum absolute atomic E-state index is 11.3. The van der Waals surface area contributed by atoms with Crippen molar-refractivity contribution in [3.05, 3.63) is 65.8 Å². The van der Waals surface area contributed by atoms with Crippen molar-refractivity contribution in [2.75, 3.05) is 0 Å². The molecule has 2 aliphatic rings. The van der Waals surface area contributed by atoms with E-state index in [0.29, 0.717) is 18.4 Å². The molecule has 150 valence electrons. The first kappa shape index (κ1) is 19.1. The van der Waals surface area contributed by atoms with Crippen LogP contribution in [-0.4, -0.2) is 32.2 Å². The molecule has 1 fully saturated rings. The number of nitrogens with zero attached hydrogens (tertiary/aromatic N) is 3. The van der Waals surface area contributed by atoms with E-state index in [2.05, 4.69) is 17.1 Å². The first-order chi connectivity index (χ1) is 13.9. The molecule has 1 atom stereocenters. The number of nitrogens with one attached hydrogen (secondary N) is 1. The highest BCUT2D eigenvalue weighted by molar-refractivity contribution is 6.00. The Labute approximate surface area is 169 Å². The smallest absolute Gasteiger partial charge is 0.306 e. The number of rotatable bonds is 5. The van der Waals surface area contributed by atoms with Gasteiger partial charge in [0.2, 0.25) is 0 Å². The standard InChI is InChI=1S/C22H25N5O2/c1-27-13-12-25-21(27)22(17-8-6-15(7-9-17)19(23)24)11-10-18(26-22)14-2-4-16(5-3-14)20(28)29/h6-14,16H,2-5H2,1H3,(H3,23,24)(H,28,29). The zero-order valence-electron chi connectivity index (χ0n) is 16.4. The number of carbonyl (C=O) groups is 1. The predicted molar refractivity (Wildman–Crippen MR) is 111 cm³/mol. The van der Waals surface area contributed by atoms with Crippen molar-refractivity contribution < 1.29 is 9.90 Å². The van der Waals surface area contributed by atoms with Gasteiger partial charge >= 0.3 is 5.97 Å². The zero-order chi connectivity index (χ0) is 20.6. The summed E-state index contributed by atoms with van der Waals surface area (Å²) in [5.41, 5.74) is 7.51. The molecular formula is C22H25N5O2. The molecule has 0 spiro atoms. The lowest BCUT2D eigenvalue weighted by atomic mass is 9.80. The maximum atomic E-state index is 11.3. The summed E-state index contributed by atoms with van der Waals surface area (Å²) in [6, 6.07) is 7.57. The van der Waals surface area contributed by atoms with Gasteiger partial charge in [-0.2, -0.15) is 0 Å². The number of benzene rings is 1. The summed E-state index contributed by atoms with van der Waals surface area (Å²) in [6.45, 7) is 0. The van der Waals surface area contributed by atoms with Crippen molar-refractivity contribution >= 4 is 17.5 Å². The lowest BCUT2D eigenvalue weighted by Crippen LogP contribution is -2.28. The number of allylic oxidation sites excluding steroid dienone is 1. The molecule has 0 saturated heterocycles. The number of aromatic nitrogens is 2. The molecule has 1 aliphatic carbocycles. The quantitative estimate of drug-likeness (QED) is 0.536. The predicted octanol–water partition coefficient (Wildman–Crippen LogP) is 2.85. The number of nitrogens with two attached hydrogens (primary N) is 1. The number of carboxylic acids is 1. The largest absolute Gasteiger partial charge is 0.481 e. The van der Waals surface area contributed by atoms with Crippen LogP contribution >= 0.6 is 0 Å². The van der Waals surface area contributed by atoms with E-state index in [9.17, 15) is 9.90 Å². The van der Waals surface area contributed by atoms with Gasteiger partial charge in [-0.05, 0) is 43.4 Å². The summed E-state index contributed by atoms with van der Waals surface area (Å²) >= 11 is 0. The van der Waals surface area contributed by atoms with Gasteiger partial charge in [0.25, 0.3) is 0 Å². The number of imidazole rings is 1. The third kappa shape index (κ3) is 3.37. The molecular weight excluding hydrogens is 366 g/mol. The minimum absolute atomic E-state index is 0.0314. The van der Waals surface area contributed by atoms with E-state index in [1.807, 2.05) is 42.1 Å². The minimum atomic E-state index is -0.730. The Morgan fingerprint density at radius 2 is 1.93 bits per heavy atom. The highest BCUT2D eigenvalue weighted by Gasteiger charge is 2.40. The highest BCUT2D eigenvalue weighted by atomic mass is 16.4. The second kappa shape index (κ2) is 7.31. The van der Waals surface area contributed by atoms with E-state index in [1.54, 1.807) is 6.20 Å². The monoisotopic (exact) mass is 391 g/mol. The summed E-state index contributed by atoms with van der Waals surface area (Å²) in [7, 11) is 1.95. The molecule has 7 heteroatoms. The van der Waals surface area contributed by atoms with Crippen LogP contribution in [0.3, 0.4) is 0 Å². The Morgan fingerprint density at radius 1 is 1.24 bits per heavy atom. The third-order valence-corrected chi connectivity index (χ3v) is 6.09. The topological polar surface area (TPSA) is 117 Å². The molecule has 2 heterocycles. The van der Waals surface area contributed by atoms with Gasteiger partial charge in [0.1, 0.15) is 11.7 Å². The van der Waals surface area contributed by atoms with Crippen LogP contribution in [0.4, 0.5) is 0 Å². The fourth-order valence-corrected chi connectivity index (χ4v) is 4.40. The zero-order valence-corrected chi connectivity index (χ0v) is 16.4. The van der Waals surface area contributed by atoms with E-state index in [-0.39, 0.29) is 17.7 Å². The SMILES string of the molecule is Cn1ccnc1C1(c2ccc(C(=N)N)cc2)C=CC(C2CCC(C(=O)O)CC2)=N1. The molecule has 0 radical (unpaired) electrons. The summed E-state index contributed by atoms with van der Waals surface area (Å²) in [5.74, 6) is 0.180. The van der Waals surface area contributed by atoms with Crippen LogP contribution in [-0.2, 0) is 17.4 Å². The summed E-state index contributed by atoms with van der Waals surface area (Å²) in [6.07, 6.45) is 10.9. The van der Waals surface area contributed by atoms with Crippen molar-refractivity contribution in [3.8, 4) is 0 Å². The minimum Gasteiger partial charge on any atom is -0.481 e. The van der Waals surface area contributed by atoms with E-state index in [0.717, 1.165) is 29.9 Å². The molecule has 29 heavy (non-hydrogen) atoms. The first-order valence-corrected chi connectivity index (χ1v) is 9.85. The van der Waals surface area contributed by atoms with E-state index >= 15 is 0 Å². The average molecular weight is 391 g/mol. The van der Waals surface area contributed by atoms with Gasteiger partial charge in [0.15, 0.2) is 5.54 Å². The maximum Gasteiger partial charge on any atom is 0.306 e. The molecule has 2 aromatic rings. The number of aryl methyl sites for hydroxylation is 1. The van der Waals surface area contributed by atoms with Crippen LogP contribution < -0.4 is 5.73 Å². The van der Waals surface area contributed by atoms with Crippen molar-refractivity contribution in [1.82, 2.24) is 9.55 Å².